The third-order valence-electron chi connectivity index (χ3n) is 3.35. The highest BCUT2D eigenvalue weighted by Crippen LogP contribution is 2.28. The third-order valence-corrected chi connectivity index (χ3v) is 4.22. The Morgan fingerprint density at radius 1 is 1.00 bits per heavy atom. The van der Waals surface area contributed by atoms with Crippen molar-refractivity contribution in [1.29, 1.82) is 0 Å². The lowest BCUT2D eigenvalue weighted by Crippen LogP contribution is -2.09. The van der Waals surface area contributed by atoms with Gasteiger partial charge in [0.2, 0.25) is 0 Å². The molecule has 0 fully saturated rings. The minimum absolute atomic E-state index is 0.0904. The largest absolute Gasteiger partial charge is 0.492 e. The molecule has 4 nitrogen and oxygen atoms in total. The third kappa shape index (κ3) is 3.94. The molecule has 0 spiro atoms. The van der Waals surface area contributed by atoms with Crippen LogP contribution in [-0.4, -0.2) is 12.5 Å². The van der Waals surface area contributed by atoms with Crippen molar-refractivity contribution in [2.24, 2.45) is 0 Å². The normalized spacial score (nSPS) is 10.2. The highest BCUT2D eigenvalue weighted by Gasteiger charge is 2.07. The van der Waals surface area contributed by atoms with E-state index in [0.29, 0.717) is 11.5 Å². The van der Waals surface area contributed by atoms with E-state index in [2.05, 4.69) is 10.6 Å². The number of rotatable bonds is 6. The molecule has 0 aliphatic rings. The zero-order valence-corrected chi connectivity index (χ0v) is 14.1. The van der Waals surface area contributed by atoms with Gasteiger partial charge in [0.25, 0.3) is 5.91 Å². The van der Waals surface area contributed by atoms with E-state index in [1.807, 2.05) is 66.9 Å². The predicted octanol–water partition coefficient (Wildman–Crippen LogP) is 5.14. The second-order valence-corrected chi connectivity index (χ2v) is 6.01. The fraction of sp³-hybridized carbons (Fsp3) is 0.105. The Morgan fingerprint density at radius 3 is 2.46 bits per heavy atom. The molecule has 0 radical (unpaired) electrons. The maximum absolute atomic E-state index is 12.0. The van der Waals surface area contributed by atoms with Crippen molar-refractivity contribution in [3.63, 3.8) is 0 Å². The highest BCUT2D eigenvalue weighted by atomic mass is 32.1. The molecular formula is C19H18N2O2S. The maximum atomic E-state index is 12.0. The van der Waals surface area contributed by atoms with Crippen molar-refractivity contribution in [3.05, 3.63) is 70.9 Å². The standard InChI is InChI=1S/C19H18N2O2S/c1-2-23-17-7-4-3-6-16(17)20-14-9-11-15(12-10-14)21-19(22)18-8-5-13-24-18/h3-13,20H,2H2,1H3,(H,21,22). The first-order chi connectivity index (χ1) is 11.8. The van der Waals surface area contributed by atoms with E-state index in [9.17, 15) is 4.79 Å². The van der Waals surface area contributed by atoms with Gasteiger partial charge in [-0.1, -0.05) is 18.2 Å². The fourth-order valence-corrected chi connectivity index (χ4v) is 2.86. The number of thiophene rings is 1. The number of nitrogens with one attached hydrogen (secondary N) is 2. The van der Waals surface area contributed by atoms with Gasteiger partial charge in [0.1, 0.15) is 5.75 Å². The van der Waals surface area contributed by atoms with Crippen LogP contribution in [0.15, 0.2) is 66.0 Å². The van der Waals surface area contributed by atoms with Crippen LogP contribution in [0, 0.1) is 0 Å². The molecule has 2 N–H and O–H groups in total. The molecule has 3 rings (SSSR count). The van der Waals surface area contributed by atoms with Crippen LogP contribution in [0.3, 0.4) is 0 Å². The number of ether oxygens (including phenoxy) is 1. The summed E-state index contributed by atoms with van der Waals surface area (Å²) in [6, 6.07) is 19.1. The quantitative estimate of drug-likeness (QED) is 0.654. The van der Waals surface area contributed by atoms with Crippen LogP contribution in [-0.2, 0) is 0 Å². The number of carbonyl (C=O) groups is 1. The summed E-state index contributed by atoms with van der Waals surface area (Å²) in [4.78, 5) is 12.7. The molecule has 0 saturated heterocycles. The van der Waals surface area contributed by atoms with Gasteiger partial charge >= 0.3 is 0 Å². The SMILES string of the molecule is CCOc1ccccc1Nc1ccc(NC(=O)c2cccs2)cc1. The molecule has 1 aromatic heterocycles. The average molecular weight is 338 g/mol. The molecule has 5 heteroatoms. The molecule has 0 unspecified atom stereocenters. The smallest absolute Gasteiger partial charge is 0.265 e. The Kier molecular flexibility index (Phi) is 5.13. The lowest BCUT2D eigenvalue weighted by atomic mass is 10.2. The molecule has 122 valence electrons. The minimum Gasteiger partial charge on any atom is -0.492 e. The van der Waals surface area contributed by atoms with E-state index >= 15 is 0 Å². The van der Waals surface area contributed by atoms with E-state index in [1.54, 1.807) is 6.07 Å². The van der Waals surface area contributed by atoms with Gasteiger partial charge < -0.3 is 15.4 Å². The van der Waals surface area contributed by atoms with E-state index in [4.69, 9.17) is 4.74 Å². The Balaban J connectivity index is 1.68. The number of hydrogen-bond acceptors (Lipinski definition) is 4. The van der Waals surface area contributed by atoms with Crippen molar-refractivity contribution in [1.82, 2.24) is 0 Å². The molecular weight excluding hydrogens is 320 g/mol. The van der Waals surface area contributed by atoms with Crippen molar-refractivity contribution in [3.8, 4) is 5.75 Å². The van der Waals surface area contributed by atoms with Gasteiger partial charge in [-0.25, -0.2) is 0 Å². The summed E-state index contributed by atoms with van der Waals surface area (Å²) in [5.74, 6) is 0.725. The molecule has 3 aromatic rings. The lowest BCUT2D eigenvalue weighted by molar-refractivity contribution is 0.103. The summed E-state index contributed by atoms with van der Waals surface area (Å²) < 4.78 is 5.61. The average Bonchev–Trinajstić information content (AvgIpc) is 3.13. The predicted molar refractivity (Wildman–Crippen MR) is 99.6 cm³/mol. The first-order valence-electron chi connectivity index (χ1n) is 7.70. The Labute approximate surface area is 145 Å². The number of carbonyl (C=O) groups excluding carboxylic acids is 1. The number of para-hydroxylation sites is 2. The van der Waals surface area contributed by atoms with Gasteiger partial charge in [0.05, 0.1) is 17.2 Å². The zero-order chi connectivity index (χ0) is 16.8. The number of hydrogen-bond donors (Lipinski definition) is 2. The van der Waals surface area contributed by atoms with Gasteiger partial charge in [-0.3, -0.25) is 4.79 Å². The van der Waals surface area contributed by atoms with Crippen LogP contribution in [0.4, 0.5) is 17.1 Å². The molecule has 0 bridgehead atoms. The Morgan fingerprint density at radius 2 is 1.75 bits per heavy atom. The van der Waals surface area contributed by atoms with Crippen LogP contribution >= 0.6 is 11.3 Å². The molecule has 0 aliphatic heterocycles. The fourth-order valence-electron chi connectivity index (χ4n) is 2.24. The zero-order valence-electron chi connectivity index (χ0n) is 13.3. The van der Waals surface area contributed by atoms with Crippen LogP contribution in [0.1, 0.15) is 16.6 Å². The maximum Gasteiger partial charge on any atom is 0.265 e. The van der Waals surface area contributed by atoms with Crippen molar-refractivity contribution in [2.45, 2.75) is 6.92 Å². The topological polar surface area (TPSA) is 50.4 Å². The summed E-state index contributed by atoms with van der Waals surface area (Å²) in [5.41, 5.74) is 2.60. The monoisotopic (exact) mass is 338 g/mol. The van der Waals surface area contributed by atoms with Crippen molar-refractivity contribution >= 4 is 34.3 Å². The van der Waals surface area contributed by atoms with Crippen LogP contribution in [0.2, 0.25) is 0 Å². The Hall–Kier alpha value is -2.79. The van der Waals surface area contributed by atoms with Crippen molar-refractivity contribution in [2.75, 3.05) is 17.2 Å². The van der Waals surface area contributed by atoms with E-state index < -0.39 is 0 Å². The molecule has 1 amide bonds. The van der Waals surface area contributed by atoms with Crippen LogP contribution in [0.5, 0.6) is 5.75 Å². The van der Waals surface area contributed by atoms with Gasteiger partial charge in [-0.05, 0) is 54.8 Å². The minimum atomic E-state index is -0.0904. The second-order valence-electron chi connectivity index (χ2n) is 5.06. The summed E-state index contributed by atoms with van der Waals surface area (Å²) in [6.45, 7) is 2.58. The molecule has 0 aliphatic carbocycles. The summed E-state index contributed by atoms with van der Waals surface area (Å²) >= 11 is 1.42. The second kappa shape index (κ2) is 7.66. The molecule has 0 atom stereocenters. The van der Waals surface area contributed by atoms with Gasteiger partial charge in [0, 0.05) is 11.4 Å². The summed E-state index contributed by atoms with van der Waals surface area (Å²) in [5, 5.41) is 8.10. The summed E-state index contributed by atoms with van der Waals surface area (Å²) in [7, 11) is 0. The van der Waals surface area contributed by atoms with Crippen LogP contribution < -0.4 is 15.4 Å². The first kappa shape index (κ1) is 16.1. The van der Waals surface area contributed by atoms with Gasteiger partial charge in [-0.2, -0.15) is 0 Å². The molecule has 1 heterocycles. The van der Waals surface area contributed by atoms with Gasteiger partial charge in [0.15, 0.2) is 0 Å². The number of amides is 1. The molecule has 24 heavy (non-hydrogen) atoms. The molecule has 2 aromatic carbocycles. The Bertz CT molecular complexity index is 798. The van der Waals surface area contributed by atoms with Crippen molar-refractivity contribution < 1.29 is 9.53 Å². The lowest BCUT2D eigenvalue weighted by Gasteiger charge is -2.12. The first-order valence-corrected chi connectivity index (χ1v) is 8.58. The van der Waals surface area contributed by atoms with E-state index in [1.165, 1.54) is 11.3 Å². The summed E-state index contributed by atoms with van der Waals surface area (Å²) in [6.07, 6.45) is 0. The van der Waals surface area contributed by atoms with E-state index in [0.717, 1.165) is 22.8 Å². The van der Waals surface area contributed by atoms with Gasteiger partial charge in [-0.15, -0.1) is 11.3 Å². The van der Waals surface area contributed by atoms with Crippen LogP contribution in [0.25, 0.3) is 0 Å². The number of benzene rings is 2. The highest BCUT2D eigenvalue weighted by molar-refractivity contribution is 7.12. The molecule has 0 saturated carbocycles. The number of anilines is 3. The van der Waals surface area contributed by atoms with E-state index in [-0.39, 0.29) is 5.91 Å².